The van der Waals surface area contributed by atoms with Crippen LogP contribution in [-0.2, 0) is 13.5 Å². The van der Waals surface area contributed by atoms with Crippen molar-refractivity contribution in [3.05, 3.63) is 17.0 Å². The molecule has 15 heavy (non-hydrogen) atoms. The Balaban J connectivity index is 2.50. The Bertz CT molecular complexity index is 352. The third-order valence-electron chi connectivity index (χ3n) is 3.39. The van der Waals surface area contributed by atoms with Gasteiger partial charge in [-0.3, -0.25) is 4.68 Å². The molecule has 0 bridgehead atoms. The fraction of sp³-hybridized carbons (Fsp3) is 0.750. The summed E-state index contributed by atoms with van der Waals surface area (Å²) in [5, 5.41) is 8.08. The van der Waals surface area contributed by atoms with Crippen LogP contribution >= 0.6 is 0 Å². The monoisotopic (exact) mass is 207 g/mol. The van der Waals surface area contributed by atoms with Crippen molar-refractivity contribution in [1.82, 2.24) is 15.1 Å². The number of nitrogens with zero attached hydrogens (tertiary/aromatic N) is 2. The molecule has 1 aromatic heterocycles. The Morgan fingerprint density at radius 3 is 2.80 bits per heavy atom. The molecule has 1 unspecified atom stereocenters. The Morgan fingerprint density at radius 2 is 2.20 bits per heavy atom. The number of fused-ring (bicyclic) bond motifs is 1. The Kier molecular flexibility index (Phi) is 2.83. The van der Waals surface area contributed by atoms with Crippen LogP contribution in [0, 0.1) is 0 Å². The smallest absolute Gasteiger partial charge is 0.0700 e. The predicted octanol–water partition coefficient (Wildman–Crippen LogP) is 2.14. The summed E-state index contributed by atoms with van der Waals surface area (Å²) in [4.78, 5) is 0. The topological polar surface area (TPSA) is 29.9 Å². The zero-order chi connectivity index (χ0) is 11.0. The second-order valence-corrected chi connectivity index (χ2v) is 4.76. The van der Waals surface area contributed by atoms with Gasteiger partial charge in [0.05, 0.1) is 5.69 Å². The number of rotatable bonds is 2. The van der Waals surface area contributed by atoms with E-state index in [0.29, 0.717) is 12.0 Å². The number of nitrogens with one attached hydrogen (secondary N) is 1. The zero-order valence-electron chi connectivity index (χ0n) is 10.2. The van der Waals surface area contributed by atoms with Crippen molar-refractivity contribution in [2.45, 2.75) is 45.1 Å². The summed E-state index contributed by atoms with van der Waals surface area (Å²) in [6.07, 6.45) is 3.70. The molecule has 0 aliphatic heterocycles. The summed E-state index contributed by atoms with van der Waals surface area (Å²) >= 11 is 0. The van der Waals surface area contributed by atoms with Gasteiger partial charge in [0.1, 0.15) is 0 Å². The van der Waals surface area contributed by atoms with Crippen molar-refractivity contribution in [1.29, 1.82) is 0 Å². The molecular formula is C12H21N3. The molecule has 0 saturated carbocycles. The van der Waals surface area contributed by atoms with Crippen LogP contribution in [0.1, 0.15) is 55.6 Å². The van der Waals surface area contributed by atoms with E-state index in [1.165, 1.54) is 36.2 Å². The van der Waals surface area contributed by atoms with Gasteiger partial charge in [-0.2, -0.15) is 5.10 Å². The van der Waals surface area contributed by atoms with Crippen molar-refractivity contribution in [3.8, 4) is 0 Å². The van der Waals surface area contributed by atoms with Gasteiger partial charge in [-0.25, -0.2) is 0 Å². The van der Waals surface area contributed by atoms with E-state index >= 15 is 0 Å². The molecule has 3 heteroatoms. The minimum atomic E-state index is 0.514. The highest BCUT2D eigenvalue weighted by atomic mass is 15.3. The molecule has 0 radical (unpaired) electrons. The maximum absolute atomic E-state index is 4.67. The third kappa shape index (κ3) is 1.69. The molecule has 0 saturated heterocycles. The van der Waals surface area contributed by atoms with Crippen molar-refractivity contribution >= 4 is 0 Å². The maximum Gasteiger partial charge on any atom is 0.0700 e. The Morgan fingerprint density at radius 1 is 1.47 bits per heavy atom. The number of hydrogen-bond donors (Lipinski definition) is 1. The van der Waals surface area contributed by atoms with E-state index in [-0.39, 0.29) is 0 Å². The predicted molar refractivity (Wildman–Crippen MR) is 62.0 cm³/mol. The second-order valence-electron chi connectivity index (χ2n) is 4.76. The van der Waals surface area contributed by atoms with Crippen molar-refractivity contribution in [2.75, 3.05) is 7.05 Å². The molecule has 1 heterocycles. The van der Waals surface area contributed by atoms with Gasteiger partial charge >= 0.3 is 0 Å². The van der Waals surface area contributed by atoms with Crippen LogP contribution in [0.15, 0.2) is 0 Å². The van der Waals surface area contributed by atoms with E-state index in [0.717, 1.165) is 0 Å². The third-order valence-corrected chi connectivity index (χ3v) is 3.39. The van der Waals surface area contributed by atoms with E-state index in [1.807, 2.05) is 0 Å². The molecule has 1 aromatic rings. The van der Waals surface area contributed by atoms with Gasteiger partial charge in [0.15, 0.2) is 0 Å². The first kappa shape index (κ1) is 10.7. The van der Waals surface area contributed by atoms with Gasteiger partial charge in [0.25, 0.3) is 0 Å². The Labute approximate surface area is 91.9 Å². The van der Waals surface area contributed by atoms with Crippen LogP contribution in [-0.4, -0.2) is 16.8 Å². The molecule has 3 nitrogen and oxygen atoms in total. The number of aromatic nitrogens is 2. The van der Waals surface area contributed by atoms with E-state index in [1.54, 1.807) is 0 Å². The van der Waals surface area contributed by atoms with Crippen LogP contribution in [0.25, 0.3) is 0 Å². The van der Waals surface area contributed by atoms with Crippen molar-refractivity contribution in [3.63, 3.8) is 0 Å². The average Bonchev–Trinajstić information content (AvgIpc) is 2.56. The lowest BCUT2D eigenvalue weighted by Crippen LogP contribution is -2.22. The molecular weight excluding hydrogens is 186 g/mol. The molecule has 0 aromatic carbocycles. The van der Waals surface area contributed by atoms with E-state index in [9.17, 15) is 0 Å². The zero-order valence-corrected chi connectivity index (χ0v) is 10.2. The summed E-state index contributed by atoms with van der Waals surface area (Å²) in [6, 6.07) is 0.514. The lowest BCUT2D eigenvalue weighted by molar-refractivity contribution is 0.483. The lowest BCUT2D eigenvalue weighted by Gasteiger charge is -2.23. The summed E-state index contributed by atoms with van der Waals surface area (Å²) in [7, 11) is 4.12. The van der Waals surface area contributed by atoms with Gasteiger partial charge in [0, 0.05) is 24.3 Å². The molecule has 0 fully saturated rings. The van der Waals surface area contributed by atoms with Crippen LogP contribution in [0.3, 0.4) is 0 Å². The minimum absolute atomic E-state index is 0.514. The average molecular weight is 207 g/mol. The highest BCUT2D eigenvalue weighted by Gasteiger charge is 2.27. The molecule has 2 rings (SSSR count). The standard InChI is InChI=1S/C12H21N3/c1-8(2)12-11-9(13-3)6-5-7-10(11)15(4)14-12/h8-9,13H,5-7H2,1-4H3. The quantitative estimate of drug-likeness (QED) is 0.805. The second kappa shape index (κ2) is 3.97. The maximum atomic E-state index is 4.67. The largest absolute Gasteiger partial charge is 0.313 e. The Hall–Kier alpha value is -0.830. The fourth-order valence-electron chi connectivity index (χ4n) is 2.61. The van der Waals surface area contributed by atoms with Crippen LogP contribution in [0.5, 0.6) is 0 Å². The van der Waals surface area contributed by atoms with Crippen LogP contribution in [0.2, 0.25) is 0 Å². The first-order valence-electron chi connectivity index (χ1n) is 5.88. The molecule has 1 aliphatic rings. The summed E-state index contributed by atoms with van der Waals surface area (Å²) < 4.78 is 2.08. The fourth-order valence-corrected chi connectivity index (χ4v) is 2.61. The van der Waals surface area contributed by atoms with Gasteiger partial charge in [-0.1, -0.05) is 13.8 Å². The summed E-state index contributed by atoms with van der Waals surface area (Å²) in [5.41, 5.74) is 4.19. The van der Waals surface area contributed by atoms with E-state index in [4.69, 9.17) is 0 Å². The van der Waals surface area contributed by atoms with Gasteiger partial charge in [-0.15, -0.1) is 0 Å². The normalized spacial score (nSPS) is 20.7. The highest BCUT2D eigenvalue weighted by Crippen LogP contribution is 2.34. The number of aryl methyl sites for hydroxylation is 1. The molecule has 0 spiro atoms. The van der Waals surface area contributed by atoms with Gasteiger partial charge in [0.2, 0.25) is 0 Å². The van der Waals surface area contributed by atoms with Crippen molar-refractivity contribution < 1.29 is 0 Å². The molecule has 1 aliphatic carbocycles. The first-order chi connectivity index (χ1) is 7.15. The van der Waals surface area contributed by atoms with Crippen LogP contribution in [0.4, 0.5) is 0 Å². The summed E-state index contributed by atoms with van der Waals surface area (Å²) in [6.45, 7) is 4.45. The van der Waals surface area contributed by atoms with E-state index < -0.39 is 0 Å². The SMILES string of the molecule is CNC1CCCc2c1c(C(C)C)nn2C. The lowest BCUT2D eigenvalue weighted by atomic mass is 9.88. The first-order valence-corrected chi connectivity index (χ1v) is 5.88. The number of hydrogen-bond acceptors (Lipinski definition) is 2. The minimum Gasteiger partial charge on any atom is -0.313 e. The molecule has 1 atom stereocenters. The molecule has 0 amide bonds. The van der Waals surface area contributed by atoms with Gasteiger partial charge < -0.3 is 5.32 Å². The summed E-state index contributed by atoms with van der Waals surface area (Å²) in [5.74, 6) is 0.522. The highest BCUT2D eigenvalue weighted by molar-refractivity contribution is 5.33. The van der Waals surface area contributed by atoms with Crippen molar-refractivity contribution in [2.24, 2.45) is 7.05 Å². The van der Waals surface area contributed by atoms with Crippen LogP contribution < -0.4 is 5.32 Å². The molecule has 1 N–H and O–H groups in total. The van der Waals surface area contributed by atoms with E-state index in [2.05, 4.69) is 43.0 Å². The van der Waals surface area contributed by atoms with Gasteiger partial charge in [-0.05, 0) is 32.2 Å². The molecule has 84 valence electrons.